The van der Waals surface area contributed by atoms with Crippen LogP contribution in [0, 0.1) is 0 Å². The summed E-state index contributed by atoms with van der Waals surface area (Å²) in [5.74, 6) is -0.416. The van der Waals surface area contributed by atoms with Crippen LogP contribution in [0.15, 0.2) is 48.5 Å². The smallest absolute Gasteiger partial charge is 0.339 e. The van der Waals surface area contributed by atoms with Crippen LogP contribution in [0.3, 0.4) is 0 Å². The number of carbonyl (C=O) groups is 1. The minimum atomic E-state index is -0.416. The van der Waals surface area contributed by atoms with Crippen molar-refractivity contribution >= 4 is 11.7 Å². The third-order valence-electron chi connectivity index (χ3n) is 2.57. The molecule has 0 radical (unpaired) electrons. The number of hydrogen-bond donors (Lipinski definition) is 1. The summed E-state index contributed by atoms with van der Waals surface area (Å²) < 4.78 is 4.69. The molecule has 0 aromatic heterocycles. The highest BCUT2D eigenvalue weighted by molar-refractivity contribution is 5.96. The van der Waals surface area contributed by atoms with Crippen LogP contribution in [0.1, 0.15) is 10.4 Å². The first-order valence-electron chi connectivity index (χ1n) is 5.25. The summed E-state index contributed by atoms with van der Waals surface area (Å²) in [6.07, 6.45) is 0. The first-order chi connectivity index (χ1) is 8.22. The van der Waals surface area contributed by atoms with Crippen LogP contribution < -0.4 is 5.73 Å². The van der Waals surface area contributed by atoms with E-state index in [0.717, 1.165) is 11.1 Å². The van der Waals surface area contributed by atoms with Crippen molar-refractivity contribution in [2.45, 2.75) is 0 Å². The summed E-state index contributed by atoms with van der Waals surface area (Å²) in [5.41, 5.74) is 8.55. The number of esters is 1. The lowest BCUT2D eigenvalue weighted by Gasteiger charge is -2.07. The van der Waals surface area contributed by atoms with Crippen LogP contribution in [0.5, 0.6) is 0 Å². The second-order valence-corrected chi connectivity index (χ2v) is 3.66. The summed E-state index contributed by atoms with van der Waals surface area (Å²) in [4.78, 5) is 11.5. The number of nitrogens with two attached hydrogens (primary N) is 1. The Morgan fingerprint density at radius 2 is 1.76 bits per heavy atom. The predicted octanol–water partition coefficient (Wildman–Crippen LogP) is 2.72. The molecule has 17 heavy (non-hydrogen) atoms. The summed E-state index contributed by atoms with van der Waals surface area (Å²) in [6.45, 7) is 0. The molecule has 0 spiro atoms. The normalized spacial score (nSPS) is 9.94. The molecule has 0 saturated carbocycles. The quantitative estimate of drug-likeness (QED) is 0.634. The van der Waals surface area contributed by atoms with Crippen molar-refractivity contribution in [3.8, 4) is 11.1 Å². The highest BCUT2D eigenvalue weighted by Gasteiger charge is 2.11. The van der Waals surface area contributed by atoms with Crippen LogP contribution >= 0.6 is 0 Å². The molecule has 3 nitrogen and oxygen atoms in total. The van der Waals surface area contributed by atoms with Gasteiger partial charge in [-0.05, 0) is 23.3 Å². The van der Waals surface area contributed by atoms with Gasteiger partial charge in [0.05, 0.1) is 12.7 Å². The van der Waals surface area contributed by atoms with Gasteiger partial charge in [0.25, 0.3) is 0 Å². The van der Waals surface area contributed by atoms with Gasteiger partial charge in [-0.25, -0.2) is 4.79 Å². The molecule has 0 atom stereocenters. The van der Waals surface area contributed by atoms with Crippen molar-refractivity contribution in [2.75, 3.05) is 12.8 Å². The Morgan fingerprint density at radius 3 is 2.41 bits per heavy atom. The third kappa shape index (κ3) is 2.28. The van der Waals surface area contributed by atoms with Crippen molar-refractivity contribution in [2.24, 2.45) is 0 Å². The third-order valence-corrected chi connectivity index (χ3v) is 2.57. The first-order valence-corrected chi connectivity index (χ1v) is 5.25. The second kappa shape index (κ2) is 4.70. The topological polar surface area (TPSA) is 52.3 Å². The van der Waals surface area contributed by atoms with Gasteiger partial charge in [0.15, 0.2) is 0 Å². The summed E-state index contributed by atoms with van der Waals surface area (Å²) in [5, 5.41) is 0. The fourth-order valence-electron chi connectivity index (χ4n) is 1.65. The number of anilines is 1. The predicted molar refractivity (Wildman–Crippen MR) is 67.6 cm³/mol. The molecular formula is C14H13NO2. The number of benzene rings is 2. The van der Waals surface area contributed by atoms with Crippen molar-refractivity contribution in [1.82, 2.24) is 0 Å². The minimum Gasteiger partial charge on any atom is -0.465 e. The maximum atomic E-state index is 11.5. The molecule has 0 aliphatic heterocycles. The van der Waals surface area contributed by atoms with Crippen LogP contribution in [0.4, 0.5) is 5.69 Å². The molecule has 0 aliphatic rings. The van der Waals surface area contributed by atoms with E-state index in [2.05, 4.69) is 4.74 Å². The van der Waals surface area contributed by atoms with Gasteiger partial charge in [0.1, 0.15) is 0 Å². The average Bonchev–Trinajstić information content (AvgIpc) is 2.39. The zero-order valence-corrected chi connectivity index (χ0v) is 9.51. The lowest BCUT2D eigenvalue weighted by atomic mass is 10.0. The standard InChI is InChI=1S/C14H13NO2/c1-17-14(16)12-9-11(7-8-13(12)15)10-5-3-2-4-6-10/h2-9H,15H2,1H3. The van der Waals surface area contributed by atoms with Crippen LogP contribution in [-0.2, 0) is 4.74 Å². The summed E-state index contributed by atoms with van der Waals surface area (Å²) in [6, 6.07) is 15.1. The molecule has 2 N–H and O–H groups in total. The molecule has 86 valence electrons. The SMILES string of the molecule is COC(=O)c1cc(-c2ccccc2)ccc1N. The fourth-order valence-corrected chi connectivity index (χ4v) is 1.65. The number of rotatable bonds is 2. The van der Waals surface area contributed by atoms with Gasteiger partial charge < -0.3 is 10.5 Å². The van der Waals surface area contributed by atoms with E-state index < -0.39 is 5.97 Å². The number of carbonyl (C=O) groups excluding carboxylic acids is 1. The van der Waals surface area contributed by atoms with E-state index in [1.165, 1.54) is 7.11 Å². The molecule has 3 heteroatoms. The van der Waals surface area contributed by atoms with Gasteiger partial charge in [0, 0.05) is 5.69 Å². The Morgan fingerprint density at radius 1 is 1.06 bits per heavy atom. The summed E-state index contributed by atoms with van der Waals surface area (Å²) >= 11 is 0. The maximum Gasteiger partial charge on any atom is 0.339 e. The van der Waals surface area contributed by atoms with Gasteiger partial charge in [-0.2, -0.15) is 0 Å². The maximum absolute atomic E-state index is 11.5. The molecule has 0 unspecified atom stereocenters. The Kier molecular flexibility index (Phi) is 3.10. The Labute approximate surface area is 99.8 Å². The lowest BCUT2D eigenvalue weighted by Crippen LogP contribution is -2.05. The first kappa shape index (κ1) is 11.2. The van der Waals surface area contributed by atoms with Crippen molar-refractivity contribution in [3.05, 3.63) is 54.1 Å². The Hall–Kier alpha value is -2.29. The van der Waals surface area contributed by atoms with Crippen molar-refractivity contribution in [1.29, 1.82) is 0 Å². The minimum absolute atomic E-state index is 0.397. The summed E-state index contributed by atoms with van der Waals surface area (Å²) in [7, 11) is 1.34. The number of nitrogen functional groups attached to an aromatic ring is 1. The van der Waals surface area contributed by atoms with E-state index in [0.29, 0.717) is 11.3 Å². The highest BCUT2D eigenvalue weighted by Crippen LogP contribution is 2.23. The molecular weight excluding hydrogens is 214 g/mol. The van der Waals surface area contributed by atoms with Crippen LogP contribution in [-0.4, -0.2) is 13.1 Å². The fraction of sp³-hybridized carbons (Fsp3) is 0.0714. The van der Waals surface area contributed by atoms with Gasteiger partial charge in [-0.3, -0.25) is 0 Å². The molecule has 0 bridgehead atoms. The van der Waals surface area contributed by atoms with E-state index in [1.54, 1.807) is 12.1 Å². The molecule has 0 fully saturated rings. The van der Waals surface area contributed by atoms with E-state index >= 15 is 0 Å². The van der Waals surface area contributed by atoms with E-state index in [4.69, 9.17) is 5.73 Å². The second-order valence-electron chi connectivity index (χ2n) is 3.66. The van der Waals surface area contributed by atoms with E-state index in [9.17, 15) is 4.79 Å². The zero-order valence-electron chi connectivity index (χ0n) is 9.51. The van der Waals surface area contributed by atoms with E-state index in [1.807, 2.05) is 36.4 Å². The number of methoxy groups -OCH3 is 1. The van der Waals surface area contributed by atoms with Gasteiger partial charge in [-0.15, -0.1) is 0 Å². The largest absolute Gasteiger partial charge is 0.465 e. The Balaban J connectivity index is 2.48. The zero-order chi connectivity index (χ0) is 12.3. The average molecular weight is 227 g/mol. The lowest BCUT2D eigenvalue weighted by molar-refractivity contribution is 0.0602. The van der Waals surface area contributed by atoms with Gasteiger partial charge in [0.2, 0.25) is 0 Å². The molecule has 2 aromatic carbocycles. The molecule has 0 heterocycles. The molecule has 0 amide bonds. The van der Waals surface area contributed by atoms with Crippen LogP contribution in [0.25, 0.3) is 11.1 Å². The van der Waals surface area contributed by atoms with Gasteiger partial charge in [-0.1, -0.05) is 36.4 Å². The van der Waals surface area contributed by atoms with Crippen molar-refractivity contribution < 1.29 is 9.53 Å². The Bertz CT molecular complexity index is 535. The highest BCUT2D eigenvalue weighted by atomic mass is 16.5. The molecule has 0 saturated heterocycles. The molecule has 2 aromatic rings. The van der Waals surface area contributed by atoms with Crippen molar-refractivity contribution in [3.63, 3.8) is 0 Å². The van der Waals surface area contributed by atoms with Crippen LogP contribution in [0.2, 0.25) is 0 Å². The monoisotopic (exact) mass is 227 g/mol. The molecule has 2 rings (SSSR count). The number of ether oxygens (including phenoxy) is 1. The van der Waals surface area contributed by atoms with Gasteiger partial charge >= 0.3 is 5.97 Å². The molecule has 0 aliphatic carbocycles. The van der Waals surface area contributed by atoms with E-state index in [-0.39, 0.29) is 0 Å². The number of hydrogen-bond acceptors (Lipinski definition) is 3.